The molecule has 1 heterocycles. The highest BCUT2D eigenvalue weighted by Crippen LogP contribution is 2.22. The first kappa shape index (κ1) is 22.6. The van der Waals surface area contributed by atoms with Crippen LogP contribution in [0.2, 0.25) is 0 Å². The lowest BCUT2D eigenvalue weighted by molar-refractivity contribution is 0.0941. The van der Waals surface area contributed by atoms with Gasteiger partial charge >= 0.3 is 0 Å². The lowest BCUT2D eigenvalue weighted by Gasteiger charge is -2.19. The second kappa shape index (κ2) is 9.40. The van der Waals surface area contributed by atoms with E-state index in [4.69, 9.17) is 0 Å². The molecular formula is C22H25FN4O3S. The molecule has 0 aliphatic rings. The summed E-state index contributed by atoms with van der Waals surface area (Å²) in [5, 5.41) is 2.90. The van der Waals surface area contributed by atoms with Crippen LogP contribution < -0.4 is 10.0 Å². The Morgan fingerprint density at radius 2 is 1.77 bits per heavy atom. The van der Waals surface area contributed by atoms with Gasteiger partial charge in [-0.2, -0.15) is 0 Å². The summed E-state index contributed by atoms with van der Waals surface area (Å²) < 4.78 is 42.6. The molecule has 0 aliphatic carbocycles. The Kier molecular flexibility index (Phi) is 6.87. The number of aryl methyl sites for hydroxylation is 1. The van der Waals surface area contributed by atoms with Crippen LogP contribution in [-0.2, 0) is 17.1 Å². The molecule has 9 heteroatoms. The molecule has 2 unspecified atom stereocenters. The van der Waals surface area contributed by atoms with Crippen LogP contribution in [-0.4, -0.2) is 29.9 Å². The third-order valence-corrected chi connectivity index (χ3v) is 6.60. The topological polar surface area (TPSA) is 93.1 Å². The fraction of sp³-hybridized carbons (Fsp3) is 0.273. The molecule has 3 rings (SSSR count). The van der Waals surface area contributed by atoms with Gasteiger partial charge in [0.05, 0.1) is 4.90 Å². The summed E-state index contributed by atoms with van der Waals surface area (Å²) in [4.78, 5) is 17.3. The molecule has 0 radical (unpaired) electrons. The molecule has 7 nitrogen and oxygen atoms in total. The van der Waals surface area contributed by atoms with Gasteiger partial charge in [-0.25, -0.2) is 22.5 Å². The summed E-state index contributed by atoms with van der Waals surface area (Å²) in [7, 11) is -1.86. The Hall–Kier alpha value is -3.04. The van der Waals surface area contributed by atoms with Gasteiger partial charge in [0.25, 0.3) is 5.91 Å². The molecule has 2 aromatic carbocycles. The zero-order chi connectivity index (χ0) is 22.6. The summed E-state index contributed by atoms with van der Waals surface area (Å²) in [5.41, 5.74) is 0.963. The van der Waals surface area contributed by atoms with Crippen molar-refractivity contribution in [2.75, 3.05) is 0 Å². The van der Waals surface area contributed by atoms with Gasteiger partial charge in [0.1, 0.15) is 17.7 Å². The molecule has 0 bridgehead atoms. The van der Waals surface area contributed by atoms with Crippen LogP contribution in [0, 0.1) is 5.82 Å². The summed E-state index contributed by atoms with van der Waals surface area (Å²) >= 11 is 0. The van der Waals surface area contributed by atoms with Crippen LogP contribution in [0.4, 0.5) is 4.39 Å². The first-order valence-electron chi connectivity index (χ1n) is 9.87. The maximum atomic E-state index is 13.4. The minimum atomic E-state index is -3.66. The van der Waals surface area contributed by atoms with Crippen LogP contribution in [0.1, 0.15) is 48.1 Å². The number of carbonyl (C=O) groups is 1. The van der Waals surface area contributed by atoms with Crippen molar-refractivity contribution in [1.82, 2.24) is 19.6 Å². The number of amides is 1. The quantitative estimate of drug-likeness (QED) is 0.558. The normalized spacial score (nSPS) is 13.5. The molecule has 0 saturated carbocycles. The van der Waals surface area contributed by atoms with Crippen LogP contribution in [0.15, 0.2) is 65.8 Å². The van der Waals surface area contributed by atoms with Crippen LogP contribution in [0.5, 0.6) is 0 Å². The summed E-state index contributed by atoms with van der Waals surface area (Å²) in [6.45, 7) is 3.67. The lowest BCUT2D eigenvalue weighted by Crippen LogP contribution is -2.32. The minimum absolute atomic E-state index is 0.0866. The van der Waals surface area contributed by atoms with Gasteiger partial charge in [0.2, 0.25) is 10.0 Å². The number of hydrogen-bond donors (Lipinski definition) is 2. The smallest absolute Gasteiger partial charge is 0.252 e. The van der Waals surface area contributed by atoms with Gasteiger partial charge in [-0.15, -0.1) is 0 Å². The third kappa shape index (κ3) is 5.36. The van der Waals surface area contributed by atoms with E-state index in [1.54, 1.807) is 43.1 Å². The molecular weight excluding hydrogens is 419 g/mol. The van der Waals surface area contributed by atoms with E-state index >= 15 is 0 Å². The number of sulfonamides is 1. The molecule has 2 atom stereocenters. The Bertz CT molecular complexity index is 1140. The number of aromatic nitrogens is 2. The second-order valence-electron chi connectivity index (χ2n) is 7.31. The maximum Gasteiger partial charge on any atom is 0.252 e. The maximum absolute atomic E-state index is 13.4. The van der Waals surface area contributed by atoms with Gasteiger partial charge in [0.15, 0.2) is 0 Å². The highest BCUT2D eigenvalue weighted by atomic mass is 32.2. The molecule has 2 N–H and O–H groups in total. The lowest BCUT2D eigenvalue weighted by atomic mass is 10.1. The Labute approximate surface area is 181 Å². The van der Waals surface area contributed by atoms with Gasteiger partial charge in [0, 0.05) is 31.0 Å². The Morgan fingerprint density at radius 1 is 1.13 bits per heavy atom. The van der Waals surface area contributed by atoms with Crippen molar-refractivity contribution < 1.29 is 17.6 Å². The van der Waals surface area contributed by atoms with Crippen LogP contribution in [0.25, 0.3) is 0 Å². The van der Waals surface area contributed by atoms with Crippen molar-refractivity contribution in [1.29, 1.82) is 0 Å². The number of carbonyl (C=O) groups excluding carboxylic acids is 1. The molecule has 1 aromatic heterocycles. The van der Waals surface area contributed by atoms with E-state index in [-0.39, 0.29) is 16.8 Å². The number of nitrogens with zero attached hydrogens (tertiary/aromatic N) is 2. The Balaban J connectivity index is 1.84. The number of halogens is 1. The van der Waals surface area contributed by atoms with Gasteiger partial charge in [-0.3, -0.25) is 4.79 Å². The van der Waals surface area contributed by atoms with E-state index < -0.39 is 22.0 Å². The fourth-order valence-electron chi connectivity index (χ4n) is 3.02. The Morgan fingerprint density at radius 3 is 2.32 bits per heavy atom. The van der Waals surface area contributed by atoms with Crippen LogP contribution >= 0.6 is 0 Å². The average Bonchev–Trinajstić information content (AvgIpc) is 3.18. The summed E-state index contributed by atoms with van der Waals surface area (Å²) in [5.74, 6) is -0.204. The molecule has 1 amide bonds. The molecule has 164 valence electrons. The number of nitrogens with one attached hydrogen (secondary N) is 2. The van der Waals surface area contributed by atoms with Crippen molar-refractivity contribution in [3.05, 3.63) is 83.7 Å². The van der Waals surface area contributed by atoms with E-state index in [1.165, 1.54) is 36.4 Å². The number of benzene rings is 2. The van der Waals surface area contributed by atoms with Gasteiger partial charge in [-0.05, 0) is 55.3 Å². The highest BCUT2D eigenvalue weighted by molar-refractivity contribution is 7.89. The monoisotopic (exact) mass is 444 g/mol. The molecule has 0 aliphatic heterocycles. The van der Waals surface area contributed by atoms with E-state index in [0.29, 0.717) is 23.4 Å². The molecule has 3 aromatic rings. The van der Waals surface area contributed by atoms with Crippen molar-refractivity contribution in [3.63, 3.8) is 0 Å². The predicted molar refractivity (Wildman–Crippen MR) is 115 cm³/mol. The van der Waals surface area contributed by atoms with Crippen LogP contribution in [0.3, 0.4) is 0 Å². The van der Waals surface area contributed by atoms with Crippen molar-refractivity contribution in [3.8, 4) is 0 Å². The molecule has 0 saturated heterocycles. The largest absolute Gasteiger partial charge is 0.338 e. The molecule has 0 fully saturated rings. The second-order valence-corrected chi connectivity index (χ2v) is 9.02. The van der Waals surface area contributed by atoms with E-state index in [1.807, 2.05) is 6.92 Å². The minimum Gasteiger partial charge on any atom is -0.338 e. The van der Waals surface area contributed by atoms with Crippen molar-refractivity contribution in [2.24, 2.45) is 7.05 Å². The van der Waals surface area contributed by atoms with E-state index in [0.717, 1.165) is 0 Å². The highest BCUT2D eigenvalue weighted by Gasteiger charge is 2.22. The zero-order valence-electron chi connectivity index (χ0n) is 17.5. The third-order valence-electron chi connectivity index (χ3n) is 4.99. The first-order valence-corrected chi connectivity index (χ1v) is 11.4. The van der Waals surface area contributed by atoms with E-state index in [2.05, 4.69) is 15.0 Å². The van der Waals surface area contributed by atoms with Crippen molar-refractivity contribution >= 4 is 15.9 Å². The van der Waals surface area contributed by atoms with Gasteiger partial charge < -0.3 is 9.88 Å². The number of imidazole rings is 1. The van der Waals surface area contributed by atoms with Crippen molar-refractivity contribution in [2.45, 2.75) is 37.2 Å². The first-order chi connectivity index (χ1) is 14.7. The van der Waals surface area contributed by atoms with Gasteiger partial charge in [-0.1, -0.05) is 19.1 Å². The fourth-order valence-corrected chi connectivity index (χ4v) is 4.35. The van der Waals surface area contributed by atoms with E-state index in [9.17, 15) is 17.6 Å². The average molecular weight is 445 g/mol. The summed E-state index contributed by atoms with van der Waals surface area (Å²) in [6, 6.07) is 10.7. The number of hydrogen-bond acceptors (Lipinski definition) is 4. The standard InChI is InChI=1S/C22H25FN4O3S/c1-4-15(2)26-31(29,30)19-11-7-17(8-12-19)22(28)25-20(21-24-13-14-27(21)3)16-5-9-18(23)10-6-16/h5-15,20,26H,4H2,1-3H3,(H,25,28). The SMILES string of the molecule is CCC(C)NS(=O)(=O)c1ccc(C(=O)NC(c2ccc(F)cc2)c2nccn2C)cc1. The predicted octanol–water partition coefficient (Wildman–Crippen LogP) is 3.16. The molecule has 31 heavy (non-hydrogen) atoms. The zero-order valence-corrected chi connectivity index (χ0v) is 18.4. The molecule has 0 spiro atoms. The number of rotatable bonds is 8. The summed E-state index contributed by atoms with van der Waals surface area (Å²) in [6.07, 6.45) is 4.03.